The van der Waals surface area contributed by atoms with Crippen molar-refractivity contribution in [2.24, 2.45) is 0 Å². The predicted octanol–water partition coefficient (Wildman–Crippen LogP) is 1.07. The topological polar surface area (TPSA) is 110 Å². The second-order valence-corrected chi connectivity index (χ2v) is 5.76. The summed E-state index contributed by atoms with van der Waals surface area (Å²) in [6, 6.07) is 13.4. The molecule has 0 saturated carbocycles. The lowest BCUT2D eigenvalue weighted by Crippen LogP contribution is -2.36. The number of amides is 1. The van der Waals surface area contributed by atoms with Crippen LogP contribution in [0.2, 0.25) is 0 Å². The van der Waals surface area contributed by atoms with Crippen molar-refractivity contribution in [3.8, 4) is 5.69 Å². The second-order valence-electron chi connectivity index (χ2n) is 5.76. The number of para-hydroxylation sites is 1. The van der Waals surface area contributed by atoms with E-state index in [1.165, 1.54) is 11.0 Å². The lowest BCUT2D eigenvalue weighted by atomic mass is 9.88. The summed E-state index contributed by atoms with van der Waals surface area (Å²) in [7, 11) is 0. The van der Waals surface area contributed by atoms with Crippen molar-refractivity contribution in [3.05, 3.63) is 66.0 Å². The number of hydrogen-bond donors (Lipinski definition) is 2. The van der Waals surface area contributed by atoms with Crippen LogP contribution in [0.5, 0.6) is 0 Å². The molecule has 2 heterocycles. The van der Waals surface area contributed by atoms with Gasteiger partial charge < -0.3 is 10.4 Å². The summed E-state index contributed by atoms with van der Waals surface area (Å²) >= 11 is 0. The van der Waals surface area contributed by atoms with Gasteiger partial charge in [0.05, 0.1) is 12.1 Å². The second kappa shape index (κ2) is 5.60. The van der Waals surface area contributed by atoms with Crippen LogP contribution in [-0.4, -0.2) is 37.0 Å². The van der Waals surface area contributed by atoms with E-state index in [4.69, 9.17) is 0 Å². The Morgan fingerprint density at radius 3 is 2.64 bits per heavy atom. The van der Waals surface area contributed by atoms with Gasteiger partial charge in [0.25, 0.3) is 5.91 Å². The fraction of sp³-hybridized carbons (Fsp3) is 0.118. The van der Waals surface area contributed by atoms with E-state index < -0.39 is 11.5 Å². The molecule has 2 N–H and O–H groups in total. The molecule has 1 atom stereocenters. The van der Waals surface area contributed by atoms with Gasteiger partial charge in [-0.15, -0.1) is 5.10 Å². The monoisotopic (exact) mass is 335 g/mol. The van der Waals surface area contributed by atoms with Crippen LogP contribution >= 0.6 is 0 Å². The Balaban J connectivity index is 1.59. The number of hydrogen-bond acceptors (Lipinski definition) is 6. The highest BCUT2D eigenvalue weighted by Crippen LogP contribution is 2.38. The minimum atomic E-state index is -1.86. The molecule has 0 saturated heterocycles. The minimum Gasteiger partial charge on any atom is -0.375 e. The van der Waals surface area contributed by atoms with Crippen molar-refractivity contribution in [2.75, 3.05) is 5.32 Å². The molecule has 0 unspecified atom stereocenters. The summed E-state index contributed by atoms with van der Waals surface area (Å²) in [5.74, 6) is -0.926. The largest absolute Gasteiger partial charge is 0.375 e. The Hall–Kier alpha value is -3.39. The molecule has 0 aliphatic carbocycles. The maximum absolute atomic E-state index is 12.6. The summed E-state index contributed by atoms with van der Waals surface area (Å²) in [6.07, 6.45) is 1.11. The molecular weight excluding hydrogens is 322 g/mol. The van der Waals surface area contributed by atoms with E-state index in [2.05, 4.69) is 20.8 Å². The average molecular weight is 335 g/mol. The van der Waals surface area contributed by atoms with Crippen molar-refractivity contribution in [2.45, 2.75) is 12.0 Å². The van der Waals surface area contributed by atoms with Crippen molar-refractivity contribution in [1.82, 2.24) is 20.2 Å². The van der Waals surface area contributed by atoms with Gasteiger partial charge in [-0.2, -0.15) is 0 Å². The molecule has 0 fully saturated rings. The maximum Gasteiger partial charge on any atom is 0.261 e. The molecule has 1 aliphatic rings. The first-order valence-electron chi connectivity index (χ1n) is 7.58. The van der Waals surface area contributed by atoms with E-state index in [9.17, 15) is 14.7 Å². The third kappa shape index (κ3) is 2.48. The molecule has 0 bridgehead atoms. The third-order valence-electron chi connectivity index (χ3n) is 4.22. The standard InChI is InChI=1S/C17H13N5O3/c23-15(11-5-7-12(8-6-11)22-10-18-20-21-22)9-17(25)13-3-1-2-4-14(13)19-16(17)24/h1-8,10,25H,9H2,(H,19,24)/t17-/m0/s1. The zero-order valence-electron chi connectivity index (χ0n) is 13.0. The molecule has 1 aliphatic heterocycles. The van der Waals surface area contributed by atoms with Crippen molar-refractivity contribution < 1.29 is 14.7 Å². The fourth-order valence-electron chi connectivity index (χ4n) is 2.89. The molecule has 3 aromatic rings. The highest BCUT2D eigenvalue weighted by atomic mass is 16.3. The lowest BCUT2D eigenvalue weighted by molar-refractivity contribution is -0.133. The number of nitrogens with one attached hydrogen (secondary N) is 1. The predicted molar refractivity (Wildman–Crippen MR) is 87.1 cm³/mol. The number of benzene rings is 2. The number of Topliss-reactive ketones (excluding diaryl/α,β-unsaturated/α-hetero) is 1. The highest BCUT2D eigenvalue weighted by Gasteiger charge is 2.46. The van der Waals surface area contributed by atoms with Crippen LogP contribution in [0.4, 0.5) is 5.69 Å². The number of ketones is 1. The Bertz CT molecular complexity index is 953. The van der Waals surface area contributed by atoms with Crippen LogP contribution in [0.25, 0.3) is 5.69 Å². The Kier molecular flexibility index (Phi) is 3.40. The van der Waals surface area contributed by atoms with Gasteiger partial charge in [-0.05, 0) is 40.8 Å². The van der Waals surface area contributed by atoms with Crippen LogP contribution < -0.4 is 5.32 Å². The van der Waals surface area contributed by atoms with E-state index in [-0.39, 0.29) is 12.2 Å². The van der Waals surface area contributed by atoms with Crippen LogP contribution in [0, 0.1) is 0 Å². The molecule has 1 amide bonds. The van der Waals surface area contributed by atoms with Crippen molar-refractivity contribution >= 4 is 17.4 Å². The Labute approximate surface area is 142 Å². The van der Waals surface area contributed by atoms with Gasteiger partial charge in [0.15, 0.2) is 11.4 Å². The molecule has 8 nitrogen and oxygen atoms in total. The number of carbonyl (C=O) groups is 2. The number of aromatic nitrogens is 4. The quantitative estimate of drug-likeness (QED) is 0.690. The number of carbonyl (C=O) groups excluding carboxylic acids is 2. The summed E-state index contributed by atoms with van der Waals surface area (Å²) in [4.78, 5) is 24.8. The van der Waals surface area contributed by atoms with Gasteiger partial charge in [-0.3, -0.25) is 9.59 Å². The molecule has 0 spiro atoms. The number of anilines is 1. The van der Waals surface area contributed by atoms with Crippen LogP contribution in [-0.2, 0) is 10.4 Å². The Morgan fingerprint density at radius 1 is 1.16 bits per heavy atom. The zero-order chi connectivity index (χ0) is 17.4. The number of nitrogens with zero attached hydrogens (tertiary/aromatic N) is 4. The smallest absolute Gasteiger partial charge is 0.261 e. The number of fused-ring (bicyclic) bond motifs is 1. The summed E-state index contributed by atoms with van der Waals surface area (Å²) < 4.78 is 1.46. The molecule has 8 heteroatoms. The van der Waals surface area contributed by atoms with Gasteiger partial charge in [-0.25, -0.2) is 4.68 Å². The highest BCUT2D eigenvalue weighted by molar-refractivity contribution is 6.09. The first-order valence-corrected chi connectivity index (χ1v) is 7.58. The van der Waals surface area contributed by atoms with E-state index in [1.54, 1.807) is 48.5 Å². The molecule has 2 aromatic carbocycles. The SMILES string of the molecule is O=C(C[C@@]1(O)C(=O)Nc2ccccc21)c1ccc(-n2cnnn2)cc1. The maximum atomic E-state index is 12.6. The lowest BCUT2D eigenvalue weighted by Gasteiger charge is -2.20. The van der Waals surface area contributed by atoms with E-state index in [1.807, 2.05) is 0 Å². The van der Waals surface area contributed by atoms with E-state index >= 15 is 0 Å². The fourth-order valence-corrected chi connectivity index (χ4v) is 2.89. The normalized spacial score (nSPS) is 18.7. The van der Waals surface area contributed by atoms with Gasteiger partial charge in [0.1, 0.15) is 6.33 Å². The van der Waals surface area contributed by atoms with E-state index in [0.29, 0.717) is 22.5 Å². The van der Waals surface area contributed by atoms with Crippen molar-refractivity contribution in [3.63, 3.8) is 0 Å². The third-order valence-corrected chi connectivity index (χ3v) is 4.22. The molecular formula is C17H13N5O3. The van der Waals surface area contributed by atoms with Crippen LogP contribution in [0.3, 0.4) is 0 Å². The van der Waals surface area contributed by atoms with Crippen molar-refractivity contribution in [1.29, 1.82) is 0 Å². The minimum absolute atomic E-state index is 0.333. The summed E-state index contributed by atoms with van der Waals surface area (Å²) in [5.41, 5.74) is 0.171. The molecule has 124 valence electrons. The zero-order valence-corrected chi connectivity index (χ0v) is 13.0. The Morgan fingerprint density at radius 2 is 1.92 bits per heavy atom. The number of tetrazole rings is 1. The van der Waals surface area contributed by atoms with Crippen LogP contribution in [0.15, 0.2) is 54.9 Å². The average Bonchev–Trinajstić information content (AvgIpc) is 3.24. The van der Waals surface area contributed by atoms with E-state index in [0.717, 1.165) is 0 Å². The molecule has 25 heavy (non-hydrogen) atoms. The summed E-state index contributed by atoms with van der Waals surface area (Å²) in [6.45, 7) is 0. The molecule has 1 aromatic heterocycles. The van der Waals surface area contributed by atoms with Crippen LogP contribution in [0.1, 0.15) is 22.3 Å². The molecule has 0 radical (unpaired) electrons. The molecule has 4 rings (SSSR count). The number of aliphatic hydroxyl groups is 1. The summed E-state index contributed by atoms with van der Waals surface area (Å²) in [5, 5.41) is 24.3. The first-order chi connectivity index (χ1) is 12.1. The van der Waals surface area contributed by atoms with Gasteiger partial charge in [0.2, 0.25) is 0 Å². The number of rotatable bonds is 4. The van der Waals surface area contributed by atoms with Gasteiger partial charge in [-0.1, -0.05) is 18.2 Å². The van der Waals surface area contributed by atoms with Gasteiger partial charge >= 0.3 is 0 Å². The van der Waals surface area contributed by atoms with Gasteiger partial charge in [0, 0.05) is 16.8 Å². The first kappa shape index (κ1) is 15.2.